The molecule has 4 rings (SSSR count). The molecule has 34 heavy (non-hydrogen) atoms. The van der Waals surface area contributed by atoms with Crippen molar-refractivity contribution in [2.24, 2.45) is 0 Å². The van der Waals surface area contributed by atoms with Gasteiger partial charge in [-0.2, -0.15) is 23.3 Å². The lowest BCUT2D eigenvalue weighted by Gasteiger charge is -2.23. The van der Waals surface area contributed by atoms with Gasteiger partial charge in [-0.15, -0.1) is 0 Å². The van der Waals surface area contributed by atoms with Crippen molar-refractivity contribution >= 4 is 23.2 Å². The second kappa shape index (κ2) is 9.32. The van der Waals surface area contributed by atoms with E-state index >= 15 is 0 Å². The van der Waals surface area contributed by atoms with E-state index in [4.69, 9.17) is 4.74 Å². The number of anilines is 3. The molecular weight excluding hydrogens is 449 g/mol. The number of hydrogen-bond acceptors (Lipinski definition) is 7. The molecule has 180 valence electrons. The minimum absolute atomic E-state index is 0.0110. The van der Waals surface area contributed by atoms with Crippen molar-refractivity contribution in [1.29, 1.82) is 0 Å². The molecule has 1 aliphatic rings. The van der Waals surface area contributed by atoms with E-state index in [1.807, 2.05) is 24.8 Å². The second-order valence-electron chi connectivity index (χ2n) is 8.04. The van der Waals surface area contributed by atoms with Crippen molar-refractivity contribution in [3.8, 4) is 5.95 Å². The van der Waals surface area contributed by atoms with E-state index in [1.54, 1.807) is 6.92 Å². The topological polar surface area (TPSA) is 85.2 Å². The predicted molar refractivity (Wildman–Crippen MR) is 121 cm³/mol. The normalized spacial score (nSPS) is 13.9. The summed E-state index contributed by atoms with van der Waals surface area (Å²) in [5.74, 6) is -0.466. The number of carbonyl (C=O) groups excluding carboxylic acids is 1. The molecule has 0 amide bonds. The first kappa shape index (κ1) is 23.5. The van der Waals surface area contributed by atoms with Crippen molar-refractivity contribution in [2.45, 2.75) is 39.8 Å². The zero-order chi connectivity index (χ0) is 24.5. The summed E-state index contributed by atoms with van der Waals surface area (Å²) in [7, 11) is 0. The van der Waals surface area contributed by atoms with Crippen LogP contribution in [-0.2, 0) is 10.9 Å². The van der Waals surface area contributed by atoms with E-state index in [1.165, 1.54) is 16.9 Å². The highest BCUT2D eigenvalue weighted by atomic mass is 19.4. The van der Waals surface area contributed by atoms with Crippen LogP contribution < -0.4 is 10.2 Å². The zero-order valence-corrected chi connectivity index (χ0v) is 19.1. The number of aryl methyl sites for hydroxylation is 2. The number of esters is 1. The van der Waals surface area contributed by atoms with E-state index in [-0.39, 0.29) is 29.6 Å². The minimum Gasteiger partial charge on any atom is -0.462 e. The van der Waals surface area contributed by atoms with Gasteiger partial charge in [-0.3, -0.25) is 0 Å². The summed E-state index contributed by atoms with van der Waals surface area (Å²) in [5, 5.41) is 7.33. The number of carbonyl (C=O) groups is 1. The third-order valence-electron chi connectivity index (χ3n) is 5.49. The Hall–Kier alpha value is -3.63. The molecule has 11 heteroatoms. The van der Waals surface area contributed by atoms with E-state index in [0.717, 1.165) is 49.5 Å². The molecule has 0 spiro atoms. The van der Waals surface area contributed by atoms with Crippen LogP contribution in [0.2, 0.25) is 0 Å². The summed E-state index contributed by atoms with van der Waals surface area (Å²) in [6.07, 6.45) is -1.33. The molecule has 0 atom stereocenters. The van der Waals surface area contributed by atoms with Gasteiger partial charge in [-0.25, -0.2) is 14.5 Å². The lowest BCUT2D eigenvalue weighted by atomic mass is 10.1. The summed E-state index contributed by atoms with van der Waals surface area (Å²) in [5.41, 5.74) is 1.52. The quantitative estimate of drug-likeness (QED) is 0.513. The minimum atomic E-state index is -4.52. The van der Waals surface area contributed by atoms with Crippen LogP contribution in [-0.4, -0.2) is 45.4 Å². The van der Waals surface area contributed by atoms with Crippen LogP contribution in [0.4, 0.5) is 30.4 Å². The van der Waals surface area contributed by atoms with Crippen molar-refractivity contribution in [2.75, 3.05) is 29.9 Å². The Balaban J connectivity index is 1.83. The molecule has 0 saturated carbocycles. The van der Waals surface area contributed by atoms with Gasteiger partial charge < -0.3 is 15.0 Å². The van der Waals surface area contributed by atoms with Crippen molar-refractivity contribution in [3.05, 3.63) is 53.0 Å². The number of ether oxygens (including phenoxy) is 1. The van der Waals surface area contributed by atoms with Crippen LogP contribution in [0.25, 0.3) is 5.95 Å². The molecule has 1 aliphatic heterocycles. The van der Waals surface area contributed by atoms with Crippen LogP contribution in [0.3, 0.4) is 0 Å². The predicted octanol–water partition coefficient (Wildman–Crippen LogP) is 4.82. The van der Waals surface area contributed by atoms with Crippen LogP contribution in [0.5, 0.6) is 0 Å². The lowest BCUT2D eigenvalue weighted by molar-refractivity contribution is -0.137. The molecule has 0 unspecified atom stereocenters. The van der Waals surface area contributed by atoms with Crippen LogP contribution in [0.15, 0.2) is 30.5 Å². The Kier molecular flexibility index (Phi) is 6.45. The molecule has 1 aromatic carbocycles. The fourth-order valence-corrected chi connectivity index (χ4v) is 3.93. The number of aromatic nitrogens is 4. The maximum atomic E-state index is 13.5. The van der Waals surface area contributed by atoms with E-state index in [0.29, 0.717) is 5.69 Å². The number of nitrogens with zero attached hydrogens (tertiary/aromatic N) is 5. The van der Waals surface area contributed by atoms with Crippen molar-refractivity contribution in [1.82, 2.24) is 19.7 Å². The van der Waals surface area contributed by atoms with Crippen LogP contribution in [0, 0.1) is 13.8 Å². The number of alkyl halides is 3. The smallest absolute Gasteiger partial charge is 0.416 e. The number of hydrogen-bond donors (Lipinski definition) is 1. The van der Waals surface area contributed by atoms with Crippen LogP contribution in [0.1, 0.15) is 47.1 Å². The second-order valence-corrected chi connectivity index (χ2v) is 8.04. The molecule has 0 aliphatic carbocycles. The van der Waals surface area contributed by atoms with Gasteiger partial charge in [-0.1, -0.05) is 0 Å². The van der Waals surface area contributed by atoms with Gasteiger partial charge in [0.1, 0.15) is 5.56 Å². The molecular formula is C23H25F3N6O2. The Morgan fingerprint density at radius 3 is 2.53 bits per heavy atom. The number of rotatable bonds is 6. The SMILES string of the molecule is CCOC(=O)c1cnc(-n2nc(C)cc2C)nc1Nc1cc(C(F)(F)F)ccc1N1CCCC1. The highest BCUT2D eigenvalue weighted by Crippen LogP contribution is 2.38. The van der Waals surface area contributed by atoms with Gasteiger partial charge in [-0.05, 0) is 57.9 Å². The Labute approximate surface area is 194 Å². The monoisotopic (exact) mass is 474 g/mol. The first-order chi connectivity index (χ1) is 16.2. The average molecular weight is 474 g/mol. The molecule has 3 heterocycles. The molecule has 3 aromatic rings. The maximum Gasteiger partial charge on any atom is 0.416 e. The zero-order valence-electron chi connectivity index (χ0n) is 19.1. The largest absolute Gasteiger partial charge is 0.462 e. The van der Waals surface area contributed by atoms with Gasteiger partial charge in [0.15, 0.2) is 5.82 Å². The Morgan fingerprint density at radius 2 is 1.91 bits per heavy atom. The van der Waals surface area contributed by atoms with Gasteiger partial charge in [0.25, 0.3) is 5.95 Å². The summed E-state index contributed by atoms with van der Waals surface area (Å²) in [6, 6.07) is 5.39. The molecule has 0 radical (unpaired) electrons. The summed E-state index contributed by atoms with van der Waals surface area (Å²) in [6.45, 7) is 6.89. The van der Waals surface area contributed by atoms with E-state index < -0.39 is 17.7 Å². The highest BCUT2D eigenvalue weighted by Gasteiger charge is 2.32. The molecule has 1 saturated heterocycles. The average Bonchev–Trinajstić information content (AvgIpc) is 3.42. The number of halogens is 3. The standard InChI is InChI=1S/C23H25F3N6O2/c1-4-34-21(33)17-13-27-22(32-15(3)11-14(2)30-32)29-20(17)28-18-12-16(23(24,25)26)7-8-19(18)31-9-5-6-10-31/h7-8,11-13H,4-6,9-10H2,1-3H3,(H,27,28,29). The van der Waals surface area contributed by atoms with Gasteiger partial charge in [0, 0.05) is 25.0 Å². The molecule has 0 bridgehead atoms. The Bertz CT molecular complexity index is 1200. The fraction of sp³-hybridized carbons (Fsp3) is 0.391. The first-order valence-electron chi connectivity index (χ1n) is 11.0. The van der Waals surface area contributed by atoms with Crippen LogP contribution >= 0.6 is 0 Å². The molecule has 8 nitrogen and oxygen atoms in total. The third-order valence-corrected chi connectivity index (χ3v) is 5.49. The van der Waals surface area contributed by atoms with Crippen molar-refractivity contribution in [3.63, 3.8) is 0 Å². The number of nitrogens with one attached hydrogen (secondary N) is 1. The number of benzene rings is 1. The van der Waals surface area contributed by atoms with E-state index in [2.05, 4.69) is 20.4 Å². The summed E-state index contributed by atoms with van der Waals surface area (Å²) in [4.78, 5) is 23.3. The van der Waals surface area contributed by atoms with Gasteiger partial charge in [0.05, 0.1) is 29.2 Å². The lowest BCUT2D eigenvalue weighted by Crippen LogP contribution is -2.20. The molecule has 1 N–H and O–H groups in total. The van der Waals surface area contributed by atoms with Gasteiger partial charge >= 0.3 is 12.1 Å². The van der Waals surface area contributed by atoms with Crippen molar-refractivity contribution < 1.29 is 22.7 Å². The molecule has 1 fully saturated rings. The Morgan fingerprint density at radius 1 is 1.18 bits per heavy atom. The highest BCUT2D eigenvalue weighted by molar-refractivity contribution is 5.96. The molecule has 2 aromatic heterocycles. The fourth-order valence-electron chi connectivity index (χ4n) is 3.93. The summed E-state index contributed by atoms with van der Waals surface area (Å²) >= 11 is 0. The first-order valence-corrected chi connectivity index (χ1v) is 11.0. The van der Waals surface area contributed by atoms with E-state index in [9.17, 15) is 18.0 Å². The summed E-state index contributed by atoms with van der Waals surface area (Å²) < 4.78 is 47.1. The maximum absolute atomic E-state index is 13.5. The third kappa shape index (κ3) is 4.82. The van der Waals surface area contributed by atoms with Gasteiger partial charge in [0.2, 0.25) is 0 Å².